The van der Waals surface area contributed by atoms with Crippen molar-refractivity contribution in [1.82, 2.24) is 0 Å². The zero-order valence-electron chi connectivity index (χ0n) is 9.50. The van der Waals surface area contributed by atoms with Crippen LogP contribution < -0.4 is 0 Å². The van der Waals surface area contributed by atoms with Crippen molar-refractivity contribution in [1.29, 1.82) is 0 Å². The summed E-state index contributed by atoms with van der Waals surface area (Å²) in [5.74, 6) is 0.856. The molecule has 0 aliphatic carbocycles. The Labute approximate surface area is 109 Å². The summed E-state index contributed by atoms with van der Waals surface area (Å²) in [7, 11) is 0. The number of halogens is 1. The number of rotatable bonds is 4. The monoisotopic (exact) mass is 298 g/mol. The smallest absolute Gasteiger partial charge is 0.185 e. The second kappa shape index (κ2) is 6.92. The fourth-order valence-electron chi connectivity index (χ4n) is 1.27. The largest absolute Gasteiger partial charge is 0.288 e. The molecule has 0 radical (unpaired) electrons. The summed E-state index contributed by atoms with van der Waals surface area (Å²) in [6.07, 6.45) is 5.12. The van der Waals surface area contributed by atoms with E-state index in [1.165, 1.54) is 22.9 Å². The van der Waals surface area contributed by atoms with Crippen molar-refractivity contribution in [3.8, 4) is 0 Å². The minimum atomic E-state index is 0.185. The summed E-state index contributed by atoms with van der Waals surface area (Å²) in [5, 5.41) is 0.185. The molecule has 86 valence electrons. The Morgan fingerprint density at radius 1 is 1.50 bits per heavy atom. The Bertz CT molecular complexity index is 399. The van der Waals surface area contributed by atoms with Crippen molar-refractivity contribution in [3.63, 3.8) is 0 Å². The van der Waals surface area contributed by atoms with Gasteiger partial charge in [-0.05, 0) is 25.0 Å². The van der Waals surface area contributed by atoms with Crippen molar-refractivity contribution in [2.24, 2.45) is 0 Å². The highest BCUT2D eigenvalue weighted by molar-refractivity contribution is 9.10. The first-order valence-corrected chi connectivity index (χ1v) is 6.93. The van der Waals surface area contributed by atoms with Gasteiger partial charge in [-0.1, -0.05) is 57.5 Å². The molecule has 0 heterocycles. The van der Waals surface area contributed by atoms with E-state index in [1.54, 1.807) is 6.92 Å². The van der Waals surface area contributed by atoms with Gasteiger partial charge in [0, 0.05) is 17.1 Å². The normalized spacial score (nSPS) is 10.9. The van der Waals surface area contributed by atoms with E-state index in [1.807, 2.05) is 0 Å². The molecule has 0 aliphatic rings. The molecule has 0 atom stereocenters. The summed E-state index contributed by atoms with van der Waals surface area (Å²) in [6.45, 7) is 3.68. The molecule has 0 amide bonds. The van der Waals surface area contributed by atoms with Crippen LogP contribution in [-0.4, -0.2) is 10.9 Å². The van der Waals surface area contributed by atoms with E-state index in [2.05, 4.69) is 53.2 Å². The minimum Gasteiger partial charge on any atom is -0.288 e. The van der Waals surface area contributed by atoms with Crippen LogP contribution in [0.15, 0.2) is 28.7 Å². The molecule has 0 saturated carbocycles. The lowest BCUT2D eigenvalue weighted by molar-refractivity contribution is -0.109. The lowest BCUT2D eigenvalue weighted by atomic mass is 10.1. The van der Waals surface area contributed by atoms with Gasteiger partial charge in [-0.25, -0.2) is 0 Å². The van der Waals surface area contributed by atoms with Crippen molar-refractivity contribution in [3.05, 3.63) is 39.9 Å². The minimum absolute atomic E-state index is 0.185. The predicted molar refractivity (Wildman–Crippen MR) is 75.7 cm³/mol. The molecule has 1 aromatic rings. The zero-order chi connectivity index (χ0) is 12.0. The van der Waals surface area contributed by atoms with E-state index in [0.29, 0.717) is 0 Å². The Morgan fingerprint density at radius 2 is 2.25 bits per heavy atom. The van der Waals surface area contributed by atoms with E-state index >= 15 is 0 Å². The van der Waals surface area contributed by atoms with Crippen LogP contribution in [0.1, 0.15) is 24.5 Å². The van der Waals surface area contributed by atoms with Gasteiger partial charge in [0.15, 0.2) is 5.12 Å². The summed E-state index contributed by atoms with van der Waals surface area (Å²) in [6, 6.07) is 6.27. The molecule has 0 fully saturated rings. The van der Waals surface area contributed by atoms with Crippen LogP contribution in [0.5, 0.6) is 0 Å². The van der Waals surface area contributed by atoms with Crippen molar-refractivity contribution in [2.45, 2.75) is 20.3 Å². The SMILES string of the molecule is CC(=O)SCCC=Cc1cc(C)ccc1Br. The molecular weight excluding hydrogens is 284 g/mol. The molecule has 16 heavy (non-hydrogen) atoms. The summed E-state index contributed by atoms with van der Waals surface area (Å²) in [4.78, 5) is 10.7. The third-order valence-electron chi connectivity index (χ3n) is 2.04. The summed E-state index contributed by atoms with van der Waals surface area (Å²) >= 11 is 4.88. The Kier molecular flexibility index (Phi) is 5.85. The third kappa shape index (κ3) is 4.99. The number of hydrogen-bond donors (Lipinski definition) is 0. The number of benzene rings is 1. The molecule has 0 aliphatic heterocycles. The lowest BCUT2D eigenvalue weighted by Gasteiger charge is -2.00. The first-order valence-electron chi connectivity index (χ1n) is 5.15. The van der Waals surface area contributed by atoms with Crippen LogP contribution in [-0.2, 0) is 4.79 Å². The van der Waals surface area contributed by atoms with E-state index < -0.39 is 0 Å². The average Bonchev–Trinajstić information content (AvgIpc) is 2.22. The van der Waals surface area contributed by atoms with Crippen molar-refractivity contribution >= 4 is 38.9 Å². The number of carbonyl (C=O) groups is 1. The zero-order valence-corrected chi connectivity index (χ0v) is 11.9. The molecule has 0 aromatic heterocycles. The Balaban J connectivity index is 2.49. The van der Waals surface area contributed by atoms with E-state index in [9.17, 15) is 4.79 Å². The van der Waals surface area contributed by atoms with E-state index in [-0.39, 0.29) is 5.12 Å². The van der Waals surface area contributed by atoms with Crippen LogP contribution in [0, 0.1) is 6.92 Å². The maximum absolute atomic E-state index is 10.7. The quantitative estimate of drug-likeness (QED) is 0.765. The average molecular weight is 299 g/mol. The lowest BCUT2D eigenvalue weighted by Crippen LogP contribution is -1.84. The molecule has 0 unspecified atom stereocenters. The number of thioether (sulfide) groups is 1. The van der Waals surface area contributed by atoms with Crippen LogP contribution in [0.4, 0.5) is 0 Å². The van der Waals surface area contributed by atoms with Crippen LogP contribution in [0.2, 0.25) is 0 Å². The van der Waals surface area contributed by atoms with Gasteiger partial charge in [-0.2, -0.15) is 0 Å². The second-order valence-corrected chi connectivity index (χ2v) is 5.68. The van der Waals surface area contributed by atoms with Crippen molar-refractivity contribution in [2.75, 3.05) is 5.75 Å². The van der Waals surface area contributed by atoms with Gasteiger partial charge in [-0.15, -0.1) is 0 Å². The van der Waals surface area contributed by atoms with Gasteiger partial charge in [0.2, 0.25) is 0 Å². The maximum Gasteiger partial charge on any atom is 0.185 e. The summed E-state index contributed by atoms with van der Waals surface area (Å²) < 4.78 is 1.11. The van der Waals surface area contributed by atoms with E-state index in [4.69, 9.17) is 0 Å². The standard InChI is InChI=1S/C13H15BrOS/c1-10-6-7-13(14)12(9-10)5-3-4-8-16-11(2)15/h3,5-7,9H,4,8H2,1-2H3. The third-order valence-corrected chi connectivity index (χ3v) is 3.61. The number of aryl methyl sites for hydroxylation is 1. The van der Waals surface area contributed by atoms with Crippen LogP contribution in [0.3, 0.4) is 0 Å². The first kappa shape index (κ1) is 13.5. The molecular formula is C13H15BrOS. The highest BCUT2D eigenvalue weighted by Crippen LogP contribution is 2.19. The molecule has 0 saturated heterocycles. The number of allylic oxidation sites excluding steroid dienone is 1. The highest BCUT2D eigenvalue weighted by Gasteiger charge is 1.96. The first-order chi connectivity index (χ1) is 7.59. The Morgan fingerprint density at radius 3 is 2.94 bits per heavy atom. The van der Waals surface area contributed by atoms with Gasteiger partial charge >= 0.3 is 0 Å². The Hall–Kier alpha value is -0.540. The fourth-order valence-corrected chi connectivity index (χ4v) is 2.19. The van der Waals surface area contributed by atoms with Gasteiger partial charge in [0.1, 0.15) is 0 Å². The molecule has 0 bridgehead atoms. The molecule has 1 rings (SSSR count). The number of hydrogen-bond acceptors (Lipinski definition) is 2. The highest BCUT2D eigenvalue weighted by atomic mass is 79.9. The van der Waals surface area contributed by atoms with Gasteiger partial charge < -0.3 is 0 Å². The van der Waals surface area contributed by atoms with Crippen LogP contribution in [0.25, 0.3) is 6.08 Å². The molecule has 0 spiro atoms. The van der Waals surface area contributed by atoms with Gasteiger partial charge in [0.05, 0.1) is 0 Å². The second-order valence-electron chi connectivity index (χ2n) is 3.56. The van der Waals surface area contributed by atoms with Crippen molar-refractivity contribution < 1.29 is 4.79 Å². The van der Waals surface area contributed by atoms with Gasteiger partial charge in [-0.3, -0.25) is 4.79 Å². The molecule has 1 aromatic carbocycles. The predicted octanol–water partition coefficient (Wildman–Crippen LogP) is 4.44. The topological polar surface area (TPSA) is 17.1 Å². The van der Waals surface area contributed by atoms with Crippen LogP contribution >= 0.6 is 27.7 Å². The fraction of sp³-hybridized carbons (Fsp3) is 0.308. The molecule has 3 heteroatoms. The summed E-state index contributed by atoms with van der Waals surface area (Å²) in [5.41, 5.74) is 2.44. The molecule has 0 N–H and O–H groups in total. The maximum atomic E-state index is 10.7. The molecule has 1 nitrogen and oxygen atoms in total. The van der Waals surface area contributed by atoms with E-state index in [0.717, 1.165) is 16.6 Å². The number of carbonyl (C=O) groups excluding carboxylic acids is 1. The van der Waals surface area contributed by atoms with Gasteiger partial charge in [0.25, 0.3) is 0 Å².